The number of nitrogens with two attached hydrogens (primary N) is 1. The lowest BCUT2D eigenvalue weighted by Crippen LogP contribution is -1.92. The molecule has 0 aliphatic rings. The summed E-state index contributed by atoms with van der Waals surface area (Å²) in [5.74, 6) is 1.60. The van der Waals surface area contributed by atoms with Crippen molar-refractivity contribution >= 4 is 39.1 Å². The van der Waals surface area contributed by atoms with E-state index in [0.29, 0.717) is 0 Å². The molecule has 0 spiro atoms. The van der Waals surface area contributed by atoms with Gasteiger partial charge in [-0.3, -0.25) is 4.98 Å². The third-order valence-corrected chi connectivity index (χ3v) is 3.76. The molecule has 0 aliphatic heterocycles. The van der Waals surface area contributed by atoms with Gasteiger partial charge in [-0.15, -0.1) is 0 Å². The molecule has 0 amide bonds. The Morgan fingerprint density at radius 1 is 0.947 bits per heavy atom. The maximum Gasteiger partial charge on any atom is 0.140 e. The van der Waals surface area contributed by atoms with Crippen molar-refractivity contribution in [2.24, 2.45) is 0 Å². The SMILES string of the molecule is Nc1ccc(Oc2ccccc2I)c2cnccc12. The van der Waals surface area contributed by atoms with Crippen LogP contribution in [0.2, 0.25) is 0 Å². The van der Waals surface area contributed by atoms with E-state index in [1.807, 2.05) is 42.5 Å². The number of para-hydroxylation sites is 1. The number of anilines is 1. The van der Waals surface area contributed by atoms with Crippen LogP contribution in [0.15, 0.2) is 54.9 Å². The number of nitrogen functional groups attached to an aromatic ring is 1. The first-order chi connectivity index (χ1) is 9.25. The van der Waals surface area contributed by atoms with Crippen molar-refractivity contribution in [1.29, 1.82) is 0 Å². The van der Waals surface area contributed by atoms with Gasteiger partial charge in [0.05, 0.1) is 3.57 Å². The number of rotatable bonds is 2. The first-order valence-corrected chi connectivity index (χ1v) is 6.88. The number of pyridine rings is 1. The molecule has 1 heterocycles. The molecule has 0 unspecified atom stereocenters. The predicted octanol–water partition coefficient (Wildman–Crippen LogP) is 4.21. The lowest BCUT2D eigenvalue weighted by molar-refractivity contribution is 0.485. The number of hydrogen-bond acceptors (Lipinski definition) is 3. The first-order valence-electron chi connectivity index (χ1n) is 5.80. The van der Waals surface area contributed by atoms with Gasteiger partial charge in [0.25, 0.3) is 0 Å². The molecule has 0 saturated carbocycles. The van der Waals surface area contributed by atoms with Crippen LogP contribution in [0, 0.1) is 3.57 Å². The molecule has 3 aromatic rings. The minimum atomic E-state index is 0.729. The highest BCUT2D eigenvalue weighted by molar-refractivity contribution is 14.1. The van der Waals surface area contributed by atoms with E-state index < -0.39 is 0 Å². The van der Waals surface area contributed by atoms with E-state index >= 15 is 0 Å². The largest absolute Gasteiger partial charge is 0.456 e. The summed E-state index contributed by atoms with van der Waals surface area (Å²) in [5, 5.41) is 1.88. The van der Waals surface area contributed by atoms with Gasteiger partial charge < -0.3 is 10.5 Å². The average Bonchev–Trinajstić information content (AvgIpc) is 2.44. The number of ether oxygens (including phenoxy) is 1. The lowest BCUT2D eigenvalue weighted by atomic mass is 10.1. The number of fused-ring (bicyclic) bond motifs is 1. The van der Waals surface area contributed by atoms with E-state index in [-0.39, 0.29) is 0 Å². The van der Waals surface area contributed by atoms with Crippen LogP contribution in [0.1, 0.15) is 0 Å². The van der Waals surface area contributed by atoms with Gasteiger partial charge in [-0.1, -0.05) is 12.1 Å². The maximum atomic E-state index is 5.97. The monoisotopic (exact) mass is 362 g/mol. The molecule has 0 atom stereocenters. The van der Waals surface area contributed by atoms with Crippen molar-refractivity contribution in [2.45, 2.75) is 0 Å². The molecule has 3 nitrogen and oxygen atoms in total. The zero-order valence-electron chi connectivity index (χ0n) is 10.0. The molecule has 0 bridgehead atoms. The summed E-state index contributed by atoms with van der Waals surface area (Å²) in [6.07, 6.45) is 3.51. The Balaban J connectivity index is 2.12. The van der Waals surface area contributed by atoms with Crippen LogP contribution in [-0.4, -0.2) is 4.98 Å². The highest BCUT2D eigenvalue weighted by Crippen LogP contribution is 2.34. The summed E-state index contributed by atoms with van der Waals surface area (Å²) < 4.78 is 7.04. The summed E-state index contributed by atoms with van der Waals surface area (Å²) in [5.41, 5.74) is 6.69. The minimum Gasteiger partial charge on any atom is -0.456 e. The van der Waals surface area contributed by atoms with Gasteiger partial charge in [0, 0.05) is 28.9 Å². The average molecular weight is 362 g/mol. The fourth-order valence-corrected chi connectivity index (χ4v) is 2.42. The van der Waals surface area contributed by atoms with Crippen LogP contribution in [0.5, 0.6) is 11.5 Å². The smallest absolute Gasteiger partial charge is 0.140 e. The first kappa shape index (κ1) is 12.2. The van der Waals surface area contributed by atoms with E-state index in [4.69, 9.17) is 10.5 Å². The van der Waals surface area contributed by atoms with Gasteiger partial charge in [-0.25, -0.2) is 0 Å². The Kier molecular flexibility index (Phi) is 3.25. The molecule has 0 fully saturated rings. The van der Waals surface area contributed by atoms with Crippen molar-refractivity contribution in [3.8, 4) is 11.5 Å². The zero-order chi connectivity index (χ0) is 13.2. The number of aromatic nitrogens is 1. The Morgan fingerprint density at radius 3 is 2.63 bits per heavy atom. The van der Waals surface area contributed by atoms with Gasteiger partial charge in [0.2, 0.25) is 0 Å². The minimum absolute atomic E-state index is 0.729. The predicted molar refractivity (Wildman–Crippen MR) is 85.4 cm³/mol. The van der Waals surface area contributed by atoms with Crippen molar-refractivity contribution in [3.63, 3.8) is 0 Å². The summed E-state index contributed by atoms with van der Waals surface area (Å²) >= 11 is 2.25. The topological polar surface area (TPSA) is 48.1 Å². The van der Waals surface area contributed by atoms with Crippen molar-refractivity contribution in [3.05, 3.63) is 58.4 Å². The van der Waals surface area contributed by atoms with E-state index in [9.17, 15) is 0 Å². The molecule has 0 saturated heterocycles. The van der Waals surface area contributed by atoms with E-state index in [1.165, 1.54) is 0 Å². The number of halogens is 1. The maximum absolute atomic E-state index is 5.97. The molecule has 19 heavy (non-hydrogen) atoms. The van der Waals surface area contributed by atoms with Crippen LogP contribution in [0.25, 0.3) is 10.8 Å². The molecular weight excluding hydrogens is 351 g/mol. The van der Waals surface area contributed by atoms with Gasteiger partial charge in [-0.2, -0.15) is 0 Å². The van der Waals surface area contributed by atoms with Crippen LogP contribution in [-0.2, 0) is 0 Å². The zero-order valence-corrected chi connectivity index (χ0v) is 12.2. The highest BCUT2D eigenvalue weighted by Gasteiger charge is 2.07. The fourth-order valence-electron chi connectivity index (χ4n) is 1.92. The van der Waals surface area contributed by atoms with E-state index in [1.54, 1.807) is 12.4 Å². The van der Waals surface area contributed by atoms with Gasteiger partial charge in [-0.05, 0) is 52.9 Å². The second kappa shape index (κ2) is 5.05. The Labute approximate surface area is 124 Å². The van der Waals surface area contributed by atoms with Crippen LogP contribution in [0.4, 0.5) is 5.69 Å². The van der Waals surface area contributed by atoms with Gasteiger partial charge in [0.15, 0.2) is 0 Å². The third kappa shape index (κ3) is 2.35. The van der Waals surface area contributed by atoms with Gasteiger partial charge in [0.1, 0.15) is 11.5 Å². The molecule has 4 heteroatoms. The molecular formula is C15H11IN2O. The second-order valence-corrected chi connectivity index (χ2v) is 5.27. The molecule has 2 aromatic carbocycles. The quantitative estimate of drug-likeness (QED) is 0.549. The normalized spacial score (nSPS) is 10.6. The summed E-state index contributed by atoms with van der Waals surface area (Å²) in [4.78, 5) is 4.14. The molecule has 0 radical (unpaired) electrons. The van der Waals surface area contributed by atoms with E-state index in [2.05, 4.69) is 27.6 Å². The van der Waals surface area contributed by atoms with Crippen molar-refractivity contribution in [1.82, 2.24) is 4.98 Å². The molecule has 0 aliphatic carbocycles. The molecule has 1 aromatic heterocycles. The van der Waals surface area contributed by atoms with Crippen LogP contribution < -0.4 is 10.5 Å². The van der Waals surface area contributed by atoms with Crippen LogP contribution in [0.3, 0.4) is 0 Å². The standard InChI is InChI=1S/C15H11IN2O/c16-12-3-1-2-4-15(12)19-14-6-5-13(17)10-7-8-18-9-11(10)14/h1-9H,17H2. The third-order valence-electron chi connectivity index (χ3n) is 2.87. The van der Waals surface area contributed by atoms with E-state index in [0.717, 1.165) is 31.5 Å². The van der Waals surface area contributed by atoms with Crippen molar-refractivity contribution in [2.75, 3.05) is 5.73 Å². The summed E-state index contributed by atoms with van der Waals surface area (Å²) in [6, 6.07) is 13.5. The van der Waals surface area contributed by atoms with Gasteiger partial charge >= 0.3 is 0 Å². The molecule has 2 N–H and O–H groups in total. The number of hydrogen-bond donors (Lipinski definition) is 1. The Morgan fingerprint density at radius 2 is 1.79 bits per heavy atom. The summed E-state index contributed by atoms with van der Waals surface area (Å²) in [6.45, 7) is 0. The molecule has 94 valence electrons. The highest BCUT2D eigenvalue weighted by atomic mass is 127. The van der Waals surface area contributed by atoms with Crippen molar-refractivity contribution < 1.29 is 4.74 Å². The number of benzene rings is 2. The second-order valence-electron chi connectivity index (χ2n) is 4.11. The lowest BCUT2D eigenvalue weighted by Gasteiger charge is -2.11. The molecule has 3 rings (SSSR count). The summed E-state index contributed by atoms with van der Waals surface area (Å²) in [7, 11) is 0. The van der Waals surface area contributed by atoms with Crippen LogP contribution >= 0.6 is 22.6 Å². The fraction of sp³-hybridized carbons (Fsp3) is 0. The Hall–Kier alpha value is -1.82. The Bertz CT molecular complexity index is 743. The number of nitrogens with zero attached hydrogens (tertiary/aromatic N) is 1.